The fourth-order valence-corrected chi connectivity index (χ4v) is 3.39. The van der Waals surface area contributed by atoms with Crippen molar-refractivity contribution in [3.05, 3.63) is 77.6 Å². The van der Waals surface area contributed by atoms with Crippen molar-refractivity contribution in [3.8, 4) is 0 Å². The molecule has 3 rings (SSSR count). The molecule has 0 atom stereocenters. The number of halogens is 3. The predicted molar refractivity (Wildman–Crippen MR) is 103 cm³/mol. The van der Waals surface area contributed by atoms with Gasteiger partial charge in [-0.1, -0.05) is 6.07 Å². The molecule has 2 aromatic carbocycles. The molecule has 0 saturated heterocycles. The summed E-state index contributed by atoms with van der Waals surface area (Å²) in [7, 11) is -3.96. The third-order valence-electron chi connectivity index (χ3n) is 3.90. The topological polar surface area (TPSA) is 101 Å². The third kappa shape index (κ3) is 5.11. The van der Waals surface area contributed by atoms with Crippen molar-refractivity contribution >= 4 is 27.6 Å². The monoisotopic (exact) mass is 436 g/mol. The van der Waals surface area contributed by atoms with Gasteiger partial charge in [0, 0.05) is 23.1 Å². The van der Waals surface area contributed by atoms with Crippen LogP contribution < -0.4 is 10.0 Å². The van der Waals surface area contributed by atoms with Crippen molar-refractivity contribution in [2.24, 2.45) is 0 Å². The molecule has 0 saturated carbocycles. The fourth-order valence-electron chi connectivity index (χ4n) is 2.43. The first-order valence-electron chi connectivity index (χ1n) is 8.46. The zero-order valence-electron chi connectivity index (χ0n) is 15.4. The van der Waals surface area contributed by atoms with E-state index in [4.69, 9.17) is 0 Å². The van der Waals surface area contributed by atoms with Gasteiger partial charge in [0.15, 0.2) is 0 Å². The number of sulfonamides is 1. The van der Waals surface area contributed by atoms with Gasteiger partial charge in [-0.2, -0.15) is 13.2 Å². The minimum absolute atomic E-state index is 0.0862. The molecule has 2 N–H and O–H groups in total. The third-order valence-corrected chi connectivity index (χ3v) is 5.24. The smallest absolute Gasteiger partial charge is 0.322 e. The van der Waals surface area contributed by atoms with Gasteiger partial charge in [0.25, 0.3) is 15.9 Å². The Morgan fingerprint density at radius 3 is 2.37 bits per heavy atom. The van der Waals surface area contributed by atoms with Crippen molar-refractivity contribution < 1.29 is 26.4 Å². The number of aryl methyl sites for hydroxylation is 1. The minimum atomic E-state index is -4.57. The Hall–Kier alpha value is -3.47. The lowest BCUT2D eigenvalue weighted by molar-refractivity contribution is -0.137. The summed E-state index contributed by atoms with van der Waals surface area (Å²) in [5.74, 6) is -0.847. The Bertz CT molecular complexity index is 1180. The van der Waals surface area contributed by atoms with Gasteiger partial charge in [0.1, 0.15) is 0 Å². The molecular formula is C19H15F3N4O3S. The van der Waals surface area contributed by atoms with Crippen molar-refractivity contribution in [3.63, 3.8) is 0 Å². The lowest BCUT2D eigenvalue weighted by Gasteiger charge is -2.10. The highest BCUT2D eigenvalue weighted by atomic mass is 32.2. The average molecular weight is 436 g/mol. The van der Waals surface area contributed by atoms with E-state index in [1.165, 1.54) is 36.5 Å². The van der Waals surface area contributed by atoms with Gasteiger partial charge < -0.3 is 5.32 Å². The maximum Gasteiger partial charge on any atom is 0.416 e. The van der Waals surface area contributed by atoms with Crippen LogP contribution in [0.2, 0.25) is 0 Å². The van der Waals surface area contributed by atoms with E-state index in [0.29, 0.717) is 5.69 Å². The molecular weight excluding hydrogens is 421 g/mol. The highest BCUT2D eigenvalue weighted by molar-refractivity contribution is 7.92. The second-order valence-electron chi connectivity index (χ2n) is 6.18. The van der Waals surface area contributed by atoms with Crippen LogP contribution >= 0.6 is 0 Å². The number of benzene rings is 2. The van der Waals surface area contributed by atoms with E-state index >= 15 is 0 Å². The van der Waals surface area contributed by atoms with Crippen LogP contribution in [0, 0.1) is 6.92 Å². The first-order valence-corrected chi connectivity index (χ1v) is 9.94. The number of rotatable bonds is 5. The molecule has 7 nitrogen and oxygen atoms in total. The molecule has 156 valence electrons. The number of anilines is 2. The number of hydrogen-bond donors (Lipinski definition) is 2. The first-order chi connectivity index (χ1) is 14.0. The van der Waals surface area contributed by atoms with Gasteiger partial charge >= 0.3 is 6.18 Å². The first kappa shape index (κ1) is 21.2. The van der Waals surface area contributed by atoms with Gasteiger partial charge in [-0.05, 0) is 55.5 Å². The van der Waals surface area contributed by atoms with Gasteiger partial charge in [-0.3, -0.25) is 4.79 Å². The molecule has 0 bridgehead atoms. The van der Waals surface area contributed by atoms with Crippen LogP contribution in [-0.2, 0) is 16.2 Å². The van der Waals surface area contributed by atoms with Crippen LogP contribution in [0.3, 0.4) is 0 Å². The summed E-state index contributed by atoms with van der Waals surface area (Å²) in [4.78, 5) is 19.9. The molecule has 30 heavy (non-hydrogen) atoms. The lowest BCUT2D eigenvalue weighted by Crippen LogP contribution is -2.16. The van der Waals surface area contributed by atoms with Crippen molar-refractivity contribution in [1.29, 1.82) is 0 Å². The van der Waals surface area contributed by atoms with Crippen LogP contribution in [0.1, 0.15) is 21.6 Å². The number of nitrogens with one attached hydrogen (secondary N) is 2. The van der Waals surface area contributed by atoms with Gasteiger partial charge in [-0.15, -0.1) is 0 Å². The lowest BCUT2D eigenvalue weighted by atomic mass is 10.1. The highest BCUT2D eigenvalue weighted by Gasteiger charge is 2.30. The van der Waals surface area contributed by atoms with Crippen LogP contribution in [0.5, 0.6) is 0 Å². The molecule has 11 heteroatoms. The molecule has 1 amide bonds. The number of carbonyl (C=O) groups is 1. The quantitative estimate of drug-likeness (QED) is 0.633. The maximum absolute atomic E-state index is 12.8. The molecule has 0 aliphatic carbocycles. The summed E-state index contributed by atoms with van der Waals surface area (Å²) in [5.41, 5.74) is -0.334. The molecule has 0 radical (unpaired) electrons. The summed E-state index contributed by atoms with van der Waals surface area (Å²) >= 11 is 0. The largest absolute Gasteiger partial charge is 0.416 e. The van der Waals surface area contributed by atoms with E-state index in [-0.39, 0.29) is 22.1 Å². The normalized spacial score (nSPS) is 11.7. The second-order valence-corrected chi connectivity index (χ2v) is 7.87. The van der Waals surface area contributed by atoms with Crippen molar-refractivity contribution in [2.75, 3.05) is 10.0 Å². The summed E-state index contributed by atoms with van der Waals surface area (Å²) in [6.45, 7) is 1.68. The maximum atomic E-state index is 12.8. The van der Waals surface area contributed by atoms with Crippen LogP contribution in [0.4, 0.5) is 24.8 Å². The minimum Gasteiger partial charge on any atom is -0.322 e. The van der Waals surface area contributed by atoms with Gasteiger partial charge in [0.05, 0.1) is 10.5 Å². The number of aromatic nitrogens is 2. The number of alkyl halides is 3. The summed E-state index contributed by atoms with van der Waals surface area (Å²) in [6.07, 6.45) is -3.16. The number of nitrogens with zero attached hydrogens (tertiary/aromatic N) is 2. The van der Waals surface area contributed by atoms with E-state index in [1.807, 2.05) is 0 Å². The van der Waals surface area contributed by atoms with E-state index in [0.717, 1.165) is 18.2 Å². The standard InChI is InChI=1S/C19H15F3N4O3S/c1-12-9-10-23-18(24-12)26-30(28,29)16-7-5-15(6-8-16)25-17(27)13-3-2-4-14(11-13)19(20,21)22/h2-11H,1H3,(H,25,27)(H,23,24,26). The number of hydrogen-bond acceptors (Lipinski definition) is 5. The second kappa shape index (κ2) is 8.11. The average Bonchev–Trinajstić information content (AvgIpc) is 2.67. The Labute approximate surface area is 170 Å². The molecule has 1 heterocycles. The molecule has 0 aliphatic heterocycles. The van der Waals surface area contributed by atoms with Gasteiger partial charge in [-0.25, -0.2) is 23.1 Å². The van der Waals surface area contributed by atoms with Crippen molar-refractivity contribution in [2.45, 2.75) is 18.0 Å². The zero-order chi connectivity index (χ0) is 21.9. The molecule has 0 spiro atoms. The zero-order valence-corrected chi connectivity index (χ0v) is 16.3. The van der Waals surface area contributed by atoms with Crippen molar-refractivity contribution in [1.82, 2.24) is 9.97 Å². The van der Waals surface area contributed by atoms with Crippen LogP contribution in [0.25, 0.3) is 0 Å². The van der Waals surface area contributed by atoms with E-state index in [9.17, 15) is 26.4 Å². The Balaban J connectivity index is 1.73. The van der Waals surface area contributed by atoms with E-state index < -0.39 is 27.7 Å². The molecule has 3 aromatic rings. The molecule has 0 unspecified atom stereocenters. The Kier molecular flexibility index (Phi) is 5.74. The Morgan fingerprint density at radius 1 is 1.03 bits per heavy atom. The SMILES string of the molecule is Cc1ccnc(NS(=O)(=O)c2ccc(NC(=O)c3cccc(C(F)(F)F)c3)cc2)n1. The van der Waals surface area contributed by atoms with E-state index in [1.54, 1.807) is 13.0 Å². The molecule has 0 aliphatic rings. The summed E-state index contributed by atoms with van der Waals surface area (Å²) in [6, 6.07) is 10.7. The highest BCUT2D eigenvalue weighted by Crippen LogP contribution is 2.29. The predicted octanol–water partition coefficient (Wildman–Crippen LogP) is 3.86. The van der Waals surface area contributed by atoms with Gasteiger partial charge in [0.2, 0.25) is 5.95 Å². The Morgan fingerprint density at radius 2 is 1.73 bits per heavy atom. The number of carbonyl (C=O) groups excluding carboxylic acids is 1. The van der Waals surface area contributed by atoms with Crippen LogP contribution in [0.15, 0.2) is 65.7 Å². The van der Waals surface area contributed by atoms with Crippen LogP contribution in [-0.4, -0.2) is 24.3 Å². The number of amides is 1. The summed E-state index contributed by atoms with van der Waals surface area (Å²) in [5, 5.41) is 2.43. The summed E-state index contributed by atoms with van der Waals surface area (Å²) < 4.78 is 65.4. The van der Waals surface area contributed by atoms with E-state index in [2.05, 4.69) is 20.0 Å². The fraction of sp³-hybridized carbons (Fsp3) is 0.105. The molecule has 0 fully saturated rings. The molecule has 1 aromatic heterocycles.